The van der Waals surface area contributed by atoms with Crippen molar-refractivity contribution in [1.82, 2.24) is 0 Å². The Labute approximate surface area is 129 Å². The lowest BCUT2D eigenvalue weighted by molar-refractivity contribution is 0.406. The van der Waals surface area contributed by atoms with Crippen LogP contribution in [0.2, 0.25) is 0 Å². The van der Waals surface area contributed by atoms with Crippen molar-refractivity contribution in [2.75, 3.05) is 7.11 Å². The van der Waals surface area contributed by atoms with E-state index < -0.39 is 11.2 Å². The lowest BCUT2D eigenvalue weighted by Crippen LogP contribution is -2.00. The van der Waals surface area contributed by atoms with E-state index in [4.69, 9.17) is 16.3 Å². The highest BCUT2D eigenvalue weighted by atomic mass is 79.9. The Morgan fingerprint density at radius 3 is 2.45 bits per heavy atom. The summed E-state index contributed by atoms with van der Waals surface area (Å²) in [6.45, 7) is 1.67. The lowest BCUT2D eigenvalue weighted by Gasteiger charge is -2.16. The molecule has 2 aromatic rings. The van der Waals surface area contributed by atoms with Crippen LogP contribution < -0.4 is 4.74 Å². The predicted octanol–water partition coefficient (Wildman–Crippen LogP) is 5.37. The van der Waals surface area contributed by atoms with E-state index >= 15 is 0 Å². The Morgan fingerprint density at radius 2 is 1.85 bits per heavy atom. The summed E-state index contributed by atoms with van der Waals surface area (Å²) in [6, 6.07) is 7.49. The molecule has 0 amide bonds. The SMILES string of the molecule is COc1cc(F)c(Br)cc1C(Cl)c1ccc(F)c(C)c1. The second-order valence-electron chi connectivity index (χ2n) is 4.38. The van der Waals surface area contributed by atoms with Crippen molar-refractivity contribution in [1.29, 1.82) is 0 Å². The third-order valence-electron chi connectivity index (χ3n) is 3.02. The summed E-state index contributed by atoms with van der Waals surface area (Å²) in [4.78, 5) is 0. The molecule has 0 saturated carbocycles. The first-order chi connectivity index (χ1) is 9.43. The van der Waals surface area contributed by atoms with Crippen LogP contribution in [0.3, 0.4) is 0 Å². The van der Waals surface area contributed by atoms with Crippen LogP contribution in [0, 0.1) is 18.6 Å². The topological polar surface area (TPSA) is 9.23 Å². The Balaban J connectivity index is 2.49. The van der Waals surface area contributed by atoms with Gasteiger partial charge in [-0.1, -0.05) is 12.1 Å². The molecule has 0 N–H and O–H groups in total. The number of hydrogen-bond acceptors (Lipinski definition) is 1. The van der Waals surface area contributed by atoms with E-state index in [0.29, 0.717) is 21.3 Å². The molecule has 1 nitrogen and oxygen atoms in total. The van der Waals surface area contributed by atoms with Crippen molar-refractivity contribution in [3.63, 3.8) is 0 Å². The lowest BCUT2D eigenvalue weighted by atomic mass is 10.0. The number of hydrogen-bond donors (Lipinski definition) is 0. The predicted molar refractivity (Wildman–Crippen MR) is 79.5 cm³/mol. The number of benzene rings is 2. The molecule has 0 fully saturated rings. The van der Waals surface area contributed by atoms with Gasteiger partial charge < -0.3 is 4.74 Å². The zero-order chi connectivity index (χ0) is 14.9. The maximum atomic E-state index is 13.5. The third-order valence-corrected chi connectivity index (χ3v) is 4.12. The first-order valence-corrected chi connectivity index (χ1v) is 7.10. The smallest absolute Gasteiger partial charge is 0.141 e. The van der Waals surface area contributed by atoms with E-state index in [1.807, 2.05) is 0 Å². The van der Waals surface area contributed by atoms with Gasteiger partial charge in [0.15, 0.2) is 0 Å². The number of rotatable bonds is 3. The van der Waals surface area contributed by atoms with Crippen molar-refractivity contribution in [3.05, 3.63) is 63.1 Å². The molecule has 2 aromatic carbocycles. The normalized spacial score (nSPS) is 12.3. The largest absolute Gasteiger partial charge is 0.496 e. The van der Waals surface area contributed by atoms with Gasteiger partial charge in [-0.05, 0) is 46.1 Å². The average Bonchev–Trinajstić information content (AvgIpc) is 2.43. The molecule has 0 bridgehead atoms. The molecule has 0 spiro atoms. The van der Waals surface area contributed by atoms with Gasteiger partial charge in [0, 0.05) is 11.6 Å². The minimum atomic E-state index is -0.554. The van der Waals surface area contributed by atoms with E-state index in [0.717, 1.165) is 5.56 Å². The zero-order valence-corrected chi connectivity index (χ0v) is 13.2. The van der Waals surface area contributed by atoms with Gasteiger partial charge in [-0.2, -0.15) is 0 Å². The highest BCUT2D eigenvalue weighted by Crippen LogP contribution is 2.38. The second-order valence-corrected chi connectivity index (χ2v) is 5.67. The minimum Gasteiger partial charge on any atom is -0.496 e. The molecule has 0 aromatic heterocycles. The van der Waals surface area contributed by atoms with Crippen LogP contribution in [-0.4, -0.2) is 7.11 Å². The van der Waals surface area contributed by atoms with Crippen LogP contribution in [0.4, 0.5) is 8.78 Å². The van der Waals surface area contributed by atoms with Gasteiger partial charge in [0.2, 0.25) is 0 Å². The molecule has 0 aliphatic rings. The molecule has 0 heterocycles. The Bertz CT molecular complexity index is 646. The summed E-state index contributed by atoms with van der Waals surface area (Å²) in [5, 5.41) is -0.554. The van der Waals surface area contributed by atoms with Crippen molar-refractivity contribution in [3.8, 4) is 5.75 Å². The molecule has 20 heavy (non-hydrogen) atoms. The van der Waals surface area contributed by atoms with Gasteiger partial charge in [0.25, 0.3) is 0 Å². The van der Waals surface area contributed by atoms with Gasteiger partial charge >= 0.3 is 0 Å². The standard InChI is InChI=1S/C15H12BrClF2O/c1-8-5-9(3-4-12(8)18)15(17)10-6-11(16)13(19)7-14(10)20-2/h3-7,15H,1-2H3. The van der Waals surface area contributed by atoms with E-state index in [1.54, 1.807) is 25.1 Å². The first-order valence-electron chi connectivity index (χ1n) is 5.87. The van der Waals surface area contributed by atoms with Gasteiger partial charge in [0.05, 0.1) is 17.0 Å². The zero-order valence-electron chi connectivity index (χ0n) is 10.9. The molecule has 106 valence electrons. The van der Waals surface area contributed by atoms with Crippen LogP contribution in [0.15, 0.2) is 34.8 Å². The van der Waals surface area contributed by atoms with E-state index in [-0.39, 0.29) is 5.82 Å². The van der Waals surface area contributed by atoms with Crippen molar-refractivity contribution < 1.29 is 13.5 Å². The van der Waals surface area contributed by atoms with Gasteiger partial charge in [-0.25, -0.2) is 8.78 Å². The Kier molecular flexibility index (Phi) is 4.66. The average molecular weight is 362 g/mol. The highest BCUT2D eigenvalue weighted by molar-refractivity contribution is 9.10. The number of ether oxygens (including phenoxy) is 1. The van der Waals surface area contributed by atoms with Crippen molar-refractivity contribution in [2.24, 2.45) is 0 Å². The Morgan fingerprint density at radius 1 is 1.15 bits per heavy atom. The molecule has 0 saturated heterocycles. The number of alkyl halides is 1. The monoisotopic (exact) mass is 360 g/mol. The summed E-state index contributed by atoms with van der Waals surface area (Å²) >= 11 is 9.55. The third kappa shape index (κ3) is 2.96. The quantitative estimate of drug-likeness (QED) is 0.668. The fraction of sp³-hybridized carbons (Fsp3) is 0.200. The molecule has 2 rings (SSSR count). The summed E-state index contributed by atoms with van der Waals surface area (Å²) in [7, 11) is 1.45. The van der Waals surface area contributed by atoms with Gasteiger partial charge in [-0.3, -0.25) is 0 Å². The highest BCUT2D eigenvalue weighted by Gasteiger charge is 2.19. The molecule has 0 aliphatic carbocycles. The van der Waals surface area contributed by atoms with Gasteiger partial charge in [0.1, 0.15) is 17.4 Å². The number of methoxy groups -OCH3 is 1. The first kappa shape index (κ1) is 15.3. The molecule has 5 heteroatoms. The molecule has 0 radical (unpaired) electrons. The summed E-state index contributed by atoms with van der Waals surface area (Å²) < 4.78 is 32.3. The maximum absolute atomic E-state index is 13.5. The molecule has 1 unspecified atom stereocenters. The number of halogens is 4. The van der Waals surface area contributed by atoms with Crippen LogP contribution in [0.1, 0.15) is 22.1 Å². The summed E-state index contributed by atoms with van der Waals surface area (Å²) in [5.41, 5.74) is 1.85. The fourth-order valence-corrected chi connectivity index (χ4v) is 2.59. The molecular formula is C15H12BrClF2O. The maximum Gasteiger partial charge on any atom is 0.141 e. The second kappa shape index (κ2) is 6.10. The number of aryl methyl sites for hydroxylation is 1. The van der Waals surface area contributed by atoms with Crippen molar-refractivity contribution >= 4 is 27.5 Å². The molecular weight excluding hydrogens is 350 g/mol. The minimum absolute atomic E-state index is 0.287. The Hall–Kier alpha value is -1.13. The fourth-order valence-electron chi connectivity index (χ4n) is 1.92. The summed E-state index contributed by atoms with van der Waals surface area (Å²) in [6.07, 6.45) is 0. The molecule has 1 atom stereocenters. The van der Waals surface area contributed by atoms with Crippen LogP contribution in [-0.2, 0) is 0 Å². The molecule has 0 aliphatic heterocycles. The van der Waals surface area contributed by atoms with E-state index in [1.165, 1.54) is 19.2 Å². The van der Waals surface area contributed by atoms with Crippen LogP contribution in [0.25, 0.3) is 0 Å². The van der Waals surface area contributed by atoms with E-state index in [9.17, 15) is 8.78 Å². The van der Waals surface area contributed by atoms with E-state index in [2.05, 4.69) is 15.9 Å². The summed E-state index contributed by atoms with van der Waals surface area (Å²) in [5.74, 6) is -0.359. The van der Waals surface area contributed by atoms with Gasteiger partial charge in [-0.15, -0.1) is 11.6 Å². The van der Waals surface area contributed by atoms with Crippen LogP contribution in [0.5, 0.6) is 5.75 Å². The van der Waals surface area contributed by atoms with Crippen molar-refractivity contribution in [2.45, 2.75) is 12.3 Å². The van der Waals surface area contributed by atoms with Crippen LogP contribution >= 0.6 is 27.5 Å².